The van der Waals surface area contributed by atoms with Crippen LogP contribution in [0.4, 0.5) is 14.9 Å². The number of benzene rings is 2. The molecule has 6 nitrogen and oxygen atoms in total. The smallest absolute Gasteiger partial charge is 0.319 e. The van der Waals surface area contributed by atoms with E-state index in [4.69, 9.17) is 0 Å². The number of halogens is 1. The summed E-state index contributed by atoms with van der Waals surface area (Å²) in [6.45, 7) is 0.395. The van der Waals surface area contributed by atoms with E-state index in [1.165, 1.54) is 29.5 Å². The minimum Gasteiger partial charge on any atom is -0.334 e. The summed E-state index contributed by atoms with van der Waals surface area (Å²) >= 11 is 0. The number of rotatable bonds is 4. The Balaban J connectivity index is 1.62. The maximum Gasteiger partial charge on any atom is 0.319 e. The van der Waals surface area contributed by atoms with E-state index < -0.39 is 11.8 Å². The first-order valence-electron chi connectivity index (χ1n) is 6.96. The summed E-state index contributed by atoms with van der Waals surface area (Å²) in [4.78, 5) is 15.6. The second-order valence-electron chi connectivity index (χ2n) is 4.80. The lowest BCUT2D eigenvalue weighted by Gasteiger charge is -2.09. The van der Waals surface area contributed by atoms with Gasteiger partial charge in [0, 0.05) is 12.2 Å². The molecule has 23 heavy (non-hydrogen) atoms. The predicted molar refractivity (Wildman–Crippen MR) is 83.6 cm³/mol. The lowest BCUT2D eigenvalue weighted by atomic mass is 10.2. The Bertz CT molecular complexity index is 789. The number of urea groups is 1. The summed E-state index contributed by atoms with van der Waals surface area (Å²) in [6, 6.07) is 13.5. The standard InChI is InChI=1S/C16H14FN5O/c17-14-8-13(6-7-15(14)22-11-18-10-20-22)21-16(23)19-9-12-4-2-1-3-5-12/h1-8,10-11H,9H2,(H2,19,21,23). The lowest BCUT2D eigenvalue weighted by molar-refractivity contribution is 0.251. The van der Waals surface area contributed by atoms with Crippen molar-refractivity contribution in [2.75, 3.05) is 5.32 Å². The first kappa shape index (κ1) is 14.7. The lowest BCUT2D eigenvalue weighted by Crippen LogP contribution is -2.28. The first-order chi connectivity index (χ1) is 11.2. The van der Waals surface area contributed by atoms with Crippen LogP contribution in [0.1, 0.15) is 5.56 Å². The average Bonchev–Trinajstić information content (AvgIpc) is 3.08. The van der Waals surface area contributed by atoms with Crippen molar-refractivity contribution in [1.82, 2.24) is 20.1 Å². The molecule has 0 saturated carbocycles. The second-order valence-corrected chi connectivity index (χ2v) is 4.80. The van der Waals surface area contributed by atoms with Gasteiger partial charge >= 0.3 is 6.03 Å². The molecule has 2 aromatic carbocycles. The van der Waals surface area contributed by atoms with Gasteiger partial charge in [-0.2, -0.15) is 5.10 Å². The molecule has 2 amide bonds. The fourth-order valence-electron chi connectivity index (χ4n) is 2.06. The van der Waals surface area contributed by atoms with E-state index in [2.05, 4.69) is 20.7 Å². The van der Waals surface area contributed by atoms with Crippen molar-refractivity contribution >= 4 is 11.7 Å². The molecule has 0 atom stereocenters. The summed E-state index contributed by atoms with van der Waals surface area (Å²) in [5.41, 5.74) is 1.60. The van der Waals surface area contributed by atoms with Gasteiger partial charge in [0.25, 0.3) is 0 Å². The van der Waals surface area contributed by atoms with Gasteiger partial charge in [-0.3, -0.25) is 0 Å². The van der Waals surface area contributed by atoms with Crippen LogP contribution in [0.15, 0.2) is 61.2 Å². The number of anilines is 1. The van der Waals surface area contributed by atoms with Crippen molar-refractivity contribution in [2.45, 2.75) is 6.54 Å². The Morgan fingerprint density at radius 1 is 1.17 bits per heavy atom. The third-order valence-electron chi connectivity index (χ3n) is 3.17. The van der Waals surface area contributed by atoms with E-state index in [0.717, 1.165) is 5.56 Å². The van der Waals surface area contributed by atoms with Gasteiger partial charge in [0.05, 0.1) is 0 Å². The second kappa shape index (κ2) is 6.69. The van der Waals surface area contributed by atoms with Crippen molar-refractivity contribution < 1.29 is 9.18 Å². The number of amides is 2. The molecule has 0 radical (unpaired) electrons. The van der Waals surface area contributed by atoms with E-state index in [1.54, 1.807) is 6.07 Å². The number of hydrogen-bond acceptors (Lipinski definition) is 3. The van der Waals surface area contributed by atoms with Crippen LogP contribution in [0.2, 0.25) is 0 Å². The van der Waals surface area contributed by atoms with Gasteiger partial charge in [0.1, 0.15) is 18.3 Å². The average molecular weight is 311 g/mol. The molecule has 1 aromatic heterocycles. The molecule has 0 aliphatic heterocycles. The molecule has 0 aliphatic rings. The summed E-state index contributed by atoms with van der Waals surface area (Å²) in [5, 5.41) is 9.17. The van der Waals surface area contributed by atoms with E-state index in [9.17, 15) is 9.18 Å². The SMILES string of the molecule is O=C(NCc1ccccc1)Nc1ccc(-n2cncn2)c(F)c1. The number of aromatic nitrogens is 3. The largest absolute Gasteiger partial charge is 0.334 e. The molecule has 3 rings (SSSR count). The van der Waals surface area contributed by atoms with Gasteiger partial charge in [0.2, 0.25) is 0 Å². The Labute approximate surface area is 132 Å². The number of hydrogen-bond donors (Lipinski definition) is 2. The van der Waals surface area contributed by atoms with Crippen LogP contribution in [-0.4, -0.2) is 20.8 Å². The first-order valence-corrected chi connectivity index (χ1v) is 6.96. The number of nitrogens with one attached hydrogen (secondary N) is 2. The van der Waals surface area contributed by atoms with Crippen molar-refractivity contribution in [3.05, 3.63) is 72.6 Å². The highest BCUT2D eigenvalue weighted by molar-refractivity contribution is 5.89. The van der Waals surface area contributed by atoms with E-state index in [1.807, 2.05) is 30.3 Å². The number of carbonyl (C=O) groups excluding carboxylic acids is 1. The highest BCUT2D eigenvalue weighted by Gasteiger charge is 2.08. The maximum atomic E-state index is 14.1. The van der Waals surface area contributed by atoms with Crippen LogP contribution in [0.25, 0.3) is 5.69 Å². The summed E-state index contributed by atoms with van der Waals surface area (Å²) in [7, 11) is 0. The van der Waals surface area contributed by atoms with Crippen LogP contribution in [0.3, 0.4) is 0 Å². The minimum atomic E-state index is -0.503. The van der Waals surface area contributed by atoms with Crippen molar-refractivity contribution in [2.24, 2.45) is 0 Å². The third kappa shape index (κ3) is 3.70. The van der Waals surface area contributed by atoms with Crippen LogP contribution in [-0.2, 0) is 6.54 Å². The van der Waals surface area contributed by atoms with Gasteiger partial charge in [0.15, 0.2) is 5.82 Å². The van der Waals surface area contributed by atoms with Crippen molar-refractivity contribution in [3.8, 4) is 5.69 Å². The Morgan fingerprint density at radius 3 is 2.70 bits per heavy atom. The van der Waals surface area contributed by atoms with Crippen LogP contribution in [0.5, 0.6) is 0 Å². The van der Waals surface area contributed by atoms with Gasteiger partial charge in [-0.15, -0.1) is 0 Å². The quantitative estimate of drug-likeness (QED) is 0.778. The third-order valence-corrected chi connectivity index (χ3v) is 3.17. The molecule has 3 aromatic rings. The molecule has 0 spiro atoms. The normalized spacial score (nSPS) is 10.3. The predicted octanol–water partition coefficient (Wildman–Crippen LogP) is 2.73. The Hall–Kier alpha value is -3.22. The fourth-order valence-corrected chi connectivity index (χ4v) is 2.06. The molecule has 0 fully saturated rings. The fraction of sp³-hybridized carbons (Fsp3) is 0.0625. The zero-order valence-electron chi connectivity index (χ0n) is 12.1. The van der Waals surface area contributed by atoms with E-state index in [0.29, 0.717) is 12.2 Å². The van der Waals surface area contributed by atoms with Gasteiger partial charge in [-0.1, -0.05) is 30.3 Å². The van der Waals surface area contributed by atoms with Crippen LogP contribution >= 0.6 is 0 Å². The van der Waals surface area contributed by atoms with E-state index in [-0.39, 0.29) is 5.69 Å². The topological polar surface area (TPSA) is 71.8 Å². The zero-order valence-corrected chi connectivity index (χ0v) is 12.1. The summed E-state index contributed by atoms with van der Waals surface area (Å²) in [6.07, 6.45) is 2.72. The number of nitrogens with zero attached hydrogens (tertiary/aromatic N) is 3. The molecule has 2 N–H and O–H groups in total. The van der Waals surface area contributed by atoms with Gasteiger partial charge in [-0.05, 0) is 23.8 Å². The molecule has 7 heteroatoms. The van der Waals surface area contributed by atoms with Gasteiger partial charge < -0.3 is 10.6 Å². The van der Waals surface area contributed by atoms with Crippen molar-refractivity contribution in [3.63, 3.8) is 0 Å². The molecular weight excluding hydrogens is 297 g/mol. The molecule has 0 unspecified atom stereocenters. The molecule has 1 heterocycles. The molecular formula is C16H14FN5O. The number of carbonyl (C=O) groups is 1. The highest BCUT2D eigenvalue weighted by Crippen LogP contribution is 2.17. The van der Waals surface area contributed by atoms with E-state index >= 15 is 0 Å². The highest BCUT2D eigenvalue weighted by atomic mass is 19.1. The Kier molecular flexibility index (Phi) is 4.28. The van der Waals surface area contributed by atoms with Crippen molar-refractivity contribution in [1.29, 1.82) is 0 Å². The molecule has 116 valence electrons. The van der Waals surface area contributed by atoms with Crippen LogP contribution in [0, 0.1) is 5.82 Å². The zero-order chi connectivity index (χ0) is 16.1. The Morgan fingerprint density at radius 2 is 2.00 bits per heavy atom. The maximum absolute atomic E-state index is 14.1. The molecule has 0 saturated heterocycles. The van der Waals surface area contributed by atoms with Gasteiger partial charge in [-0.25, -0.2) is 18.9 Å². The summed E-state index contributed by atoms with van der Waals surface area (Å²) < 4.78 is 15.4. The minimum absolute atomic E-state index is 0.262. The summed E-state index contributed by atoms with van der Waals surface area (Å²) in [5.74, 6) is -0.503. The van der Waals surface area contributed by atoms with Crippen LogP contribution < -0.4 is 10.6 Å². The monoisotopic (exact) mass is 311 g/mol. The molecule has 0 aliphatic carbocycles. The molecule has 0 bridgehead atoms.